The van der Waals surface area contributed by atoms with Gasteiger partial charge in [-0.15, -0.1) is 0 Å². The van der Waals surface area contributed by atoms with Crippen molar-refractivity contribution in [1.82, 2.24) is 4.57 Å². The van der Waals surface area contributed by atoms with Crippen LogP contribution < -0.4 is 10.1 Å². The smallest absolute Gasteiger partial charge is 0.340 e. The number of aromatic nitrogens is 1. The summed E-state index contributed by atoms with van der Waals surface area (Å²) in [4.78, 5) is 24.6. The lowest BCUT2D eigenvalue weighted by atomic mass is 10.2. The lowest BCUT2D eigenvalue weighted by molar-refractivity contribution is -0.116. The normalized spacial score (nSPS) is 14.1. The summed E-state index contributed by atoms with van der Waals surface area (Å²) in [6.07, 6.45) is 6.64. The van der Waals surface area contributed by atoms with Crippen LogP contribution in [0.3, 0.4) is 0 Å². The SMILES string of the molecule is COC(=O)c1cn(CC(=O)Nc2ccc(OC3CCCC3)cc2)c2ccccc12. The fourth-order valence-electron chi connectivity index (χ4n) is 3.82. The monoisotopic (exact) mass is 392 g/mol. The zero-order valence-corrected chi connectivity index (χ0v) is 16.4. The van der Waals surface area contributed by atoms with E-state index in [1.54, 1.807) is 10.8 Å². The molecule has 1 aromatic heterocycles. The zero-order valence-electron chi connectivity index (χ0n) is 16.4. The van der Waals surface area contributed by atoms with E-state index in [4.69, 9.17) is 9.47 Å². The molecule has 1 amide bonds. The van der Waals surface area contributed by atoms with Crippen LogP contribution in [0.5, 0.6) is 5.75 Å². The minimum absolute atomic E-state index is 0.0951. The molecule has 2 aromatic carbocycles. The van der Waals surface area contributed by atoms with E-state index < -0.39 is 5.97 Å². The van der Waals surface area contributed by atoms with Crippen LogP contribution in [0.2, 0.25) is 0 Å². The summed E-state index contributed by atoms with van der Waals surface area (Å²) in [5, 5.41) is 3.66. The highest BCUT2D eigenvalue weighted by Gasteiger charge is 2.17. The van der Waals surface area contributed by atoms with Crippen LogP contribution in [0, 0.1) is 0 Å². The number of nitrogens with one attached hydrogen (secondary N) is 1. The predicted molar refractivity (Wildman–Crippen MR) is 111 cm³/mol. The Hall–Kier alpha value is -3.28. The van der Waals surface area contributed by atoms with Crippen molar-refractivity contribution in [3.8, 4) is 5.75 Å². The van der Waals surface area contributed by atoms with Crippen molar-refractivity contribution in [2.45, 2.75) is 38.3 Å². The van der Waals surface area contributed by atoms with E-state index in [1.165, 1.54) is 20.0 Å². The van der Waals surface area contributed by atoms with E-state index in [-0.39, 0.29) is 12.5 Å². The lowest BCUT2D eigenvalue weighted by Gasteiger charge is -2.13. The molecular weight excluding hydrogens is 368 g/mol. The van der Waals surface area contributed by atoms with Crippen LogP contribution in [0.4, 0.5) is 5.69 Å². The minimum Gasteiger partial charge on any atom is -0.490 e. The van der Waals surface area contributed by atoms with Crippen molar-refractivity contribution in [3.63, 3.8) is 0 Å². The van der Waals surface area contributed by atoms with Gasteiger partial charge < -0.3 is 19.4 Å². The summed E-state index contributed by atoms with van der Waals surface area (Å²) in [6, 6.07) is 14.9. The average Bonchev–Trinajstić information content (AvgIpc) is 3.37. The molecule has 0 unspecified atom stereocenters. The van der Waals surface area contributed by atoms with Crippen molar-refractivity contribution in [1.29, 1.82) is 0 Å². The number of methoxy groups -OCH3 is 1. The van der Waals surface area contributed by atoms with Gasteiger partial charge in [0, 0.05) is 22.8 Å². The van der Waals surface area contributed by atoms with Gasteiger partial charge in [-0.2, -0.15) is 0 Å². The van der Waals surface area contributed by atoms with E-state index in [0.717, 1.165) is 29.5 Å². The van der Waals surface area contributed by atoms with Crippen LogP contribution in [-0.4, -0.2) is 29.7 Å². The molecule has 0 atom stereocenters. The largest absolute Gasteiger partial charge is 0.490 e. The molecule has 150 valence electrons. The van der Waals surface area contributed by atoms with Crippen LogP contribution in [-0.2, 0) is 16.1 Å². The molecule has 1 N–H and O–H groups in total. The molecule has 1 aliphatic rings. The van der Waals surface area contributed by atoms with Gasteiger partial charge in [0.2, 0.25) is 5.91 Å². The molecule has 6 heteroatoms. The molecule has 0 saturated heterocycles. The number of nitrogens with zero attached hydrogens (tertiary/aromatic N) is 1. The maximum absolute atomic E-state index is 12.6. The van der Waals surface area contributed by atoms with Gasteiger partial charge in [0.15, 0.2) is 0 Å². The average molecular weight is 392 g/mol. The van der Waals surface area contributed by atoms with Gasteiger partial charge >= 0.3 is 5.97 Å². The van der Waals surface area contributed by atoms with Crippen LogP contribution in [0.15, 0.2) is 54.7 Å². The first-order valence-corrected chi connectivity index (χ1v) is 9.87. The Morgan fingerprint density at radius 1 is 1.07 bits per heavy atom. The Balaban J connectivity index is 1.44. The minimum atomic E-state index is -0.418. The van der Waals surface area contributed by atoms with Gasteiger partial charge in [0.25, 0.3) is 0 Å². The lowest BCUT2D eigenvalue weighted by Crippen LogP contribution is -2.18. The first kappa shape index (κ1) is 19.1. The standard InChI is InChI=1S/C23H24N2O4/c1-28-23(27)20-14-25(21-9-5-4-8-19(20)21)15-22(26)24-16-10-12-18(13-11-16)29-17-6-2-3-7-17/h4-5,8-14,17H,2-3,6-7,15H2,1H3,(H,24,26). The fraction of sp³-hybridized carbons (Fsp3) is 0.304. The van der Waals surface area contributed by atoms with E-state index >= 15 is 0 Å². The number of hydrogen-bond donors (Lipinski definition) is 1. The Kier molecular flexibility index (Phi) is 5.51. The number of para-hydroxylation sites is 1. The van der Waals surface area contributed by atoms with E-state index in [2.05, 4.69) is 5.32 Å². The number of rotatable bonds is 6. The molecule has 4 rings (SSSR count). The quantitative estimate of drug-likeness (QED) is 0.632. The van der Waals surface area contributed by atoms with Gasteiger partial charge in [0.05, 0.1) is 18.8 Å². The first-order valence-electron chi connectivity index (χ1n) is 9.87. The maximum Gasteiger partial charge on any atom is 0.340 e. The zero-order chi connectivity index (χ0) is 20.2. The third kappa shape index (κ3) is 4.26. The molecule has 1 heterocycles. The van der Waals surface area contributed by atoms with Crippen molar-refractivity contribution in [3.05, 3.63) is 60.3 Å². The number of fused-ring (bicyclic) bond motifs is 1. The summed E-state index contributed by atoms with van der Waals surface area (Å²) in [5.41, 5.74) is 1.96. The van der Waals surface area contributed by atoms with Crippen molar-refractivity contribution < 1.29 is 19.1 Å². The number of amides is 1. The highest BCUT2D eigenvalue weighted by molar-refractivity contribution is 6.04. The van der Waals surface area contributed by atoms with Gasteiger partial charge in [-0.25, -0.2) is 4.79 Å². The summed E-state index contributed by atoms with van der Waals surface area (Å²) in [6.45, 7) is 0.0951. The molecule has 0 spiro atoms. The van der Waals surface area contributed by atoms with Gasteiger partial charge in [-0.1, -0.05) is 18.2 Å². The Morgan fingerprint density at radius 3 is 2.52 bits per heavy atom. The molecule has 0 bridgehead atoms. The molecule has 29 heavy (non-hydrogen) atoms. The fourth-order valence-corrected chi connectivity index (χ4v) is 3.82. The molecule has 3 aromatic rings. The van der Waals surface area contributed by atoms with Gasteiger partial charge in [0.1, 0.15) is 12.3 Å². The number of ether oxygens (including phenoxy) is 2. The number of carbonyl (C=O) groups is 2. The van der Waals surface area contributed by atoms with Crippen molar-refractivity contribution in [2.75, 3.05) is 12.4 Å². The molecule has 0 radical (unpaired) electrons. The second-order valence-corrected chi connectivity index (χ2v) is 7.28. The number of hydrogen-bond acceptors (Lipinski definition) is 4. The second-order valence-electron chi connectivity index (χ2n) is 7.28. The van der Waals surface area contributed by atoms with Crippen LogP contribution >= 0.6 is 0 Å². The predicted octanol–water partition coefficient (Wildman–Crippen LogP) is 4.39. The second kappa shape index (κ2) is 8.39. The van der Waals surface area contributed by atoms with E-state index in [1.807, 2.05) is 48.5 Å². The van der Waals surface area contributed by atoms with Gasteiger partial charge in [-0.3, -0.25) is 4.79 Å². The van der Waals surface area contributed by atoms with E-state index in [0.29, 0.717) is 17.4 Å². The highest BCUT2D eigenvalue weighted by atomic mass is 16.5. The summed E-state index contributed by atoms with van der Waals surface area (Å²) in [7, 11) is 1.35. The van der Waals surface area contributed by atoms with Gasteiger partial charge in [-0.05, 0) is 56.0 Å². The molecule has 6 nitrogen and oxygen atoms in total. The Labute approximate surface area is 169 Å². The molecule has 0 aliphatic heterocycles. The molecule has 1 aliphatic carbocycles. The number of benzene rings is 2. The molecular formula is C23H24N2O4. The molecule has 1 saturated carbocycles. The highest BCUT2D eigenvalue weighted by Crippen LogP contribution is 2.25. The maximum atomic E-state index is 12.6. The van der Waals surface area contributed by atoms with Crippen LogP contribution in [0.1, 0.15) is 36.0 Å². The topological polar surface area (TPSA) is 69.6 Å². The Bertz CT molecular complexity index is 1020. The van der Waals surface area contributed by atoms with E-state index in [9.17, 15) is 9.59 Å². The van der Waals surface area contributed by atoms with Crippen LogP contribution in [0.25, 0.3) is 10.9 Å². The number of anilines is 1. The summed E-state index contributed by atoms with van der Waals surface area (Å²) < 4.78 is 12.6. The Morgan fingerprint density at radius 2 is 1.79 bits per heavy atom. The number of carbonyl (C=O) groups excluding carboxylic acids is 2. The van der Waals surface area contributed by atoms with Crippen molar-refractivity contribution >= 4 is 28.5 Å². The summed E-state index contributed by atoms with van der Waals surface area (Å²) in [5.74, 6) is 0.235. The third-order valence-corrected chi connectivity index (χ3v) is 5.25. The number of esters is 1. The first-order chi connectivity index (χ1) is 14.1. The molecule has 1 fully saturated rings. The third-order valence-electron chi connectivity index (χ3n) is 5.25. The summed E-state index contributed by atoms with van der Waals surface area (Å²) >= 11 is 0. The van der Waals surface area contributed by atoms with Crippen molar-refractivity contribution in [2.24, 2.45) is 0 Å².